The van der Waals surface area contributed by atoms with E-state index >= 15 is 0 Å². The normalized spacial score (nSPS) is 13.3. The largest absolute Gasteiger partial charge is 0.328 e. The van der Waals surface area contributed by atoms with E-state index in [0.29, 0.717) is 12.4 Å². The van der Waals surface area contributed by atoms with Crippen molar-refractivity contribution in [2.45, 2.75) is 46.1 Å². The van der Waals surface area contributed by atoms with Gasteiger partial charge in [0.15, 0.2) is 0 Å². The molecule has 0 aliphatic rings. The van der Waals surface area contributed by atoms with E-state index in [1.807, 2.05) is 87.6 Å². The minimum Gasteiger partial charge on any atom is -0.328 e. The predicted octanol–water partition coefficient (Wildman–Crippen LogP) is 3.50. The maximum Gasteiger partial charge on any atom is 0.245 e. The molecule has 0 bridgehead atoms. The Morgan fingerprint density at radius 1 is 1.08 bits per heavy atom. The number of hydrogen-bond acceptors (Lipinski definition) is 6. The molecule has 0 saturated carbocycles. The molecule has 0 radical (unpaired) electrons. The first-order valence-electron chi connectivity index (χ1n) is 12.3. The second-order valence-corrected chi connectivity index (χ2v) is 10.1. The molecule has 194 valence electrons. The maximum atomic E-state index is 14.8. The van der Waals surface area contributed by atoms with Gasteiger partial charge in [-0.25, -0.2) is 14.1 Å². The van der Waals surface area contributed by atoms with Crippen molar-refractivity contribution in [2.75, 3.05) is 13.1 Å². The lowest BCUT2D eigenvalue weighted by molar-refractivity contribution is -0.138. The van der Waals surface area contributed by atoms with Crippen molar-refractivity contribution in [3.63, 3.8) is 0 Å². The van der Waals surface area contributed by atoms with Gasteiger partial charge in [0.25, 0.3) is 0 Å². The molecule has 0 unspecified atom stereocenters. The van der Waals surface area contributed by atoms with Crippen LogP contribution in [-0.4, -0.2) is 59.8 Å². The molecule has 2 aromatic carbocycles. The van der Waals surface area contributed by atoms with Crippen LogP contribution in [0.1, 0.15) is 38.2 Å². The van der Waals surface area contributed by atoms with Crippen molar-refractivity contribution in [3.8, 4) is 11.3 Å². The average molecular weight is 505 g/mol. The first-order chi connectivity index (χ1) is 17.8. The molecule has 4 rings (SSSR count). The molecule has 0 aliphatic heterocycles. The number of alkyl halides is 1. The molecular formula is C27H33FN8O. The summed E-state index contributed by atoms with van der Waals surface area (Å²) >= 11 is 0. The second kappa shape index (κ2) is 11.4. The van der Waals surface area contributed by atoms with Gasteiger partial charge in [-0.3, -0.25) is 4.79 Å². The minimum absolute atomic E-state index is 0.123. The van der Waals surface area contributed by atoms with Gasteiger partial charge in [-0.15, -0.1) is 5.10 Å². The summed E-state index contributed by atoms with van der Waals surface area (Å²) in [5.41, 5.74) is 7.99. The molecule has 0 spiro atoms. The molecule has 2 aromatic heterocycles. The molecule has 0 saturated heterocycles. The van der Waals surface area contributed by atoms with E-state index in [0.717, 1.165) is 16.8 Å². The van der Waals surface area contributed by atoms with E-state index in [1.165, 1.54) is 15.9 Å². The summed E-state index contributed by atoms with van der Waals surface area (Å²) in [6.07, 6.45) is 1.96. The van der Waals surface area contributed by atoms with Crippen LogP contribution in [0.2, 0.25) is 0 Å². The van der Waals surface area contributed by atoms with Crippen LogP contribution in [0.3, 0.4) is 0 Å². The smallest absolute Gasteiger partial charge is 0.245 e. The van der Waals surface area contributed by atoms with Crippen molar-refractivity contribution in [3.05, 3.63) is 84.6 Å². The summed E-state index contributed by atoms with van der Waals surface area (Å²) in [5, 5.41) is 11.0. The van der Waals surface area contributed by atoms with Crippen LogP contribution >= 0.6 is 0 Å². The topological polar surface area (TPSA) is 108 Å². The Labute approximate surface area is 216 Å². The summed E-state index contributed by atoms with van der Waals surface area (Å²) in [6.45, 7) is 6.13. The fourth-order valence-corrected chi connectivity index (χ4v) is 4.42. The SMILES string of the molecule is CC(C)(C)[C@H](c1nc(-c2ccccc2)cn1Cc1ccccc1)N(C[C@H](F)CN)C(=O)Cn1cnnn1. The van der Waals surface area contributed by atoms with Gasteiger partial charge < -0.3 is 15.2 Å². The van der Waals surface area contributed by atoms with Gasteiger partial charge >= 0.3 is 0 Å². The molecule has 1 amide bonds. The van der Waals surface area contributed by atoms with Crippen molar-refractivity contribution < 1.29 is 9.18 Å². The number of carbonyl (C=O) groups excluding carboxylic acids is 1. The van der Waals surface area contributed by atoms with Crippen molar-refractivity contribution in [1.82, 2.24) is 34.7 Å². The Morgan fingerprint density at radius 2 is 1.76 bits per heavy atom. The minimum atomic E-state index is -1.39. The highest BCUT2D eigenvalue weighted by molar-refractivity contribution is 5.76. The molecule has 2 heterocycles. The Hall–Kier alpha value is -3.92. The Kier molecular flexibility index (Phi) is 8.08. The monoisotopic (exact) mass is 504 g/mol. The molecule has 9 nitrogen and oxygen atoms in total. The lowest BCUT2D eigenvalue weighted by Crippen LogP contribution is -2.47. The molecule has 0 fully saturated rings. The van der Waals surface area contributed by atoms with Crippen molar-refractivity contribution >= 4 is 5.91 Å². The number of tetrazole rings is 1. The zero-order chi connectivity index (χ0) is 26.4. The van der Waals surface area contributed by atoms with Crippen LogP contribution in [0.25, 0.3) is 11.3 Å². The molecule has 37 heavy (non-hydrogen) atoms. The van der Waals surface area contributed by atoms with Gasteiger partial charge in [-0.2, -0.15) is 0 Å². The fraction of sp³-hybridized carbons (Fsp3) is 0.370. The molecule has 0 aliphatic carbocycles. The summed E-state index contributed by atoms with van der Waals surface area (Å²) in [6, 6.07) is 19.4. The van der Waals surface area contributed by atoms with Gasteiger partial charge in [0.2, 0.25) is 5.91 Å². The lowest BCUT2D eigenvalue weighted by Gasteiger charge is -2.40. The van der Waals surface area contributed by atoms with Crippen LogP contribution < -0.4 is 5.73 Å². The number of hydrogen-bond donors (Lipinski definition) is 1. The zero-order valence-corrected chi connectivity index (χ0v) is 21.4. The molecule has 10 heteroatoms. The third-order valence-corrected chi connectivity index (χ3v) is 6.11. The highest BCUT2D eigenvalue weighted by Gasteiger charge is 2.39. The van der Waals surface area contributed by atoms with E-state index in [9.17, 15) is 9.18 Å². The van der Waals surface area contributed by atoms with Gasteiger partial charge in [-0.05, 0) is 21.4 Å². The highest BCUT2D eigenvalue weighted by atomic mass is 19.1. The summed E-state index contributed by atoms with van der Waals surface area (Å²) in [4.78, 5) is 20.2. The van der Waals surface area contributed by atoms with Crippen molar-refractivity contribution in [2.24, 2.45) is 11.1 Å². The molecule has 2 N–H and O–H groups in total. The quantitative estimate of drug-likeness (QED) is 0.354. The Bertz CT molecular complexity index is 1270. The molecule has 2 atom stereocenters. The Morgan fingerprint density at radius 3 is 2.35 bits per heavy atom. The number of aromatic nitrogens is 6. The van der Waals surface area contributed by atoms with E-state index in [-0.39, 0.29) is 25.5 Å². The van der Waals surface area contributed by atoms with Gasteiger partial charge in [0.1, 0.15) is 24.9 Å². The number of benzene rings is 2. The highest BCUT2D eigenvalue weighted by Crippen LogP contribution is 2.39. The predicted molar refractivity (Wildman–Crippen MR) is 139 cm³/mol. The van der Waals surface area contributed by atoms with Gasteiger partial charge in [-0.1, -0.05) is 81.4 Å². The second-order valence-electron chi connectivity index (χ2n) is 10.1. The first kappa shape index (κ1) is 26.2. The molecular weight excluding hydrogens is 471 g/mol. The third kappa shape index (κ3) is 6.45. The number of halogens is 1. The van der Waals surface area contributed by atoms with E-state index in [4.69, 9.17) is 10.7 Å². The number of nitrogens with zero attached hydrogens (tertiary/aromatic N) is 7. The summed E-state index contributed by atoms with van der Waals surface area (Å²) < 4.78 is 18.2. The maximum absolute atomic E-state index is 14.8. The third-order valence-electron chi connectivity index (χ3n) is 6.11. The number of nitrogens with two attached hydrogens (primary N) is 1. The molecule has 4 aromatic rings. The standard InChI is InChI=1S/C27H33FN8O/c1-27(2,3)25(36(16-22(28)14-29)24(37)18-35-19-30-32-33-35)26-31-23(21-12-8-5-9-13-21)17-34(26)15-20-10-6-4-7-11-20/h4-13,17,19,22,25H,14-16,18,29H2,1-3H3/t22-,25+/m1/s1. The van der Waals surface area contributed by atoms with Crippen LogP contribution in [0.5, 0.6) is 0 Å². The van der Waals surface area contributed by atoms with Gasteiger partial charge in [0.05, 0.1) is 18.3 Å². The fourth-order valence-electron chi connectivity index (χ4n) is 4.42. The van der Waals surface area contributed by atoms with Crippen LogP contribution in [-0.2, 0) is 17.9 Å². The van der Waals surface area contributed by atoms with Crippen molar-refractivity contribution in [1.29, 1.82) is 0 Å². The van der Waals surface area contributed by atoms with Crippen LogP contribution in [0, 0.1) is 5.41 Å². The summed E-state index contributed by atoms with van der Waals surface area (Å²) in [7, 11) is 0. The first-order valence-corrected chi connectivity index (χ1v) is 12.3. The van der Waals surface area contributed by atoms with E-state index < -0.39 is 17.6 Å². The summed E-state index contributed by atoms with van der Waals surface area (Å²) in [5.74, 6) is 0.350. The number of carbonyl (C=O) groups is 1. The number of imidazole rings is 1. The number of amides is 1. The Balaban J connectivity index is 1.83. The van der Waals surface area contributed by atoms with Crippen LogP contribution in [0.4, 0.5) is 4.39 Å². The lowest BCUT2D eigenvalue weighted by atomic mass is 9.84. The zero-order valence-electron chi connectivity index (χ0n) is 21.4. The average Bonchev–Trinajstić information content (AvgIpc) is 3.54. The van der Waals surface area contributed by atoms with E-state index in [1.54, 1.807) is 0 Å². The van der Waals surface area contributed by atoms with E-state index in [2.05, 4.69) is 20.1 Å². The van der Waals surface area contributed by atoms with Crippen LogP contribution in [0.15, 0.2) is 73.2 Å². The number of rotatable bonds is 10. The van der Waals surface area contributed by atoms with Gasteiger partial charge in [0, 0.05) is 24.8 Å².